The lowest BCUT2D eigenvalue weighted by Gasteiger charge is -2.30. The molecule has 2 aliphatic heterocycles. The summed E-state index contributed by atoms with van der Waals surface area (Å²) in [5.74, 6) is -5.56. The zero-order chi connectivity index (χ0) is 52.9. The van der Waals surface area contributed by atoms with E-state index in [2.05, 4.69) is 18.3 Å². The maximum atomic E-state index is 13.8. The van der Waals surface area contributed by atoms with E-state index in [0.717, 1.165) is 12.2 Å². The molecule has 1 aromatic carbocycles. The van der Waals surface area contributed by atoms with Gasteiger partial charge >= 0.3 is 47.8 Å². The van der Waals surface area contributed by atoms with Crippen LogP contribution >= 0.6 is 23.5 Å². The summed E-state index contributed by atoms with van der Waals surface area (Å²) < 4.78 is 44.7. The molecule has 6 aliphatic rings. The van der Waals surface area contributed by atoms with Crippen LogP contribution in [0.15, 0.2) is 62.1 Å². The Labute approximate surface area is 438 Å². The zero-order valence-electron chi connectivity index (χ0n) is 41.8. The van der Waals surface area contributed by atoms with E-state index in [1.165, 1.54) is 28.5 Å². The van der Waals surface area contributed by atoms with Crippen molar-refractivity contribution in [2.24, 2.45) is 40.6 Å². The first-order valence-electron chi connectivity index (χ1n) is 25.5. The lowest BCUT2D eigenvalue weighted by molar-refractivity contribution is -0.161. The van der Waals surface area contributed by atoms with E-state index < -0.39 is 35.7 Å². The molecule has 400 valence electrons. The average molecular weight is 1070 g/mol. The number of carbonyl (C=O) groups excluding carboxylic acids is 9. The molecule has 4 aliphatic carbocycles. The fourth-order valence-corrected chi connectivity index (χ4v) is 12.7. The highest BCUT2D eigenvalue weighted by Crippen LogP contribution is 2.60. The van der Waals surface area contributed by atoms with E-state index in [1.54, 1.807) is 19.2 Å². The van der Waals surface area contributed by atoms with Crippen molar-refractivity contribution in [2.75, 3.05) is 33.5 Å². The van der Waals surface area contributed by atoms with Gasteiger partial charge in [0.1, 0.15) is 50.1 Å². The summed E-state index contributed by atoms with van der Waals surface area (Å²) in [7, 11) is 1.58. The average Bonchev–Trinajstić information content (AvgIpc) is 3.99. The van der Waals surface area contributed by atoms with Crippen LogP contribution in [0.25, 0.3) is 0 Å². The van der Waals surface area contributed by atoms with E-state index in [1.807, 2.05) is 6.92 Å². The second kappa shape index (κ2) is 26.5. The highest BCUT2D eigenvalue weighted by atomic mass is 32.2. The summed E-state index contributed by atoms with van der Waals surface area (Å²) in [5, 5.41) is 5.70. The molecule has 0 N–H and O–H groups in total. The van der Waals surface area contributed by atoms with Crippen LogP contribution in [0.3, 0.4) is 0 Å². The maximum absolute atomic E-state index is 13.8. The molecule has 0 radical (unpaired) electrons. The molecule has 4 fully saturated rings. The number of benzene rings is 1. The van der Waals surface area contributed by atoms with Crippen molar-refractivity contribution in [3.8, 4) is 11.5 Å². The van der Waals surface area contributed by atoms with Gasteiger partial charge < -0.3 is 37.9 Å². The Morgan fingerprint density at radius 2 is 0.878 bits per heavy atom. The molecule has 2 heterocycles. The van der Waals surface area contributed by atoms with Gasteiger partial charge in [-0.05, 0) is 121 Å². The molecule has 1 amide bonds. The van der Waals surface area contributed by atoms with Crippen LogP contribution in [-0.4, -0.2) is 110 Å². The van der Waals surface area contributed by atoms with E-state index >= 15 is 0 Å². The summed E-state index contributed by atoms with van der Waals surface area (Å²) in [6, 6.07) is 3.19. The molecule has 74 heavy (non-hydrogen) atoms. The molecule has 4 saturated carbocycles. The summed E-state index contributed by atoms with van der Waals surface area (Å²) in [6.07, 6.45) is 9.29. The Balaban J connectivity index is 0.887. The van der Waals surface area contributed by atoms with Crippen LogP contribution in [0.5, 0.6) is 11.5 Å². The molecule has 1 aromatic rings. The smallest absolute Gasteiger partial charge is 0.330 e. The normalized spacial score (nSPS) is 25.6. The number of ether oxygens (including phenoxy) is 8. The second-order valence-electron chi connectivity index (χ2n) is 19.2. The molecule has 7 rings (SSSR count). The van der Waals surface area contributed by atoms with Gasteiger partial charge in [0.25, 0.3) is 5.91 Å². The van der Waals surface area contributed by atoms with Crippen molar-refractivity contribution < 1.29 is 81.0 Å². The van der Waals surface area contributed by atoms with Gasteiger partial charge in [-0.25, -0.2) is 14.6 Å². The number of hydrogen-bond acceptors (Lipinski definition) is 20. The lowest BCUT2D eigenvalue weighted by Crippen LogP contribution is -2.33. The summed E-state index contributed by atoms with van der Waals surface area (Å²) in [4.78, 5) is 116. The Kier molecular flexibility index (Phi) is 20.0. The Bertz CT molecular complexity index is 2260. The zero-order valence-corrected chi connectivity index (χ0v) is 43.5. The van der Waals surface area contributed by atoms with E-state index in [0.29, 0.717) is 134 Å². The van der Waals surface area contributed by atoms with Crippen LogP contribution in [-0.2, 0) is 71.6 Å². The highest BCUT2D eigenvalue weighted by molar-refractivity contribution is 8.25. The largest absolute Gasteiger partial charge is 0.462 e. The Hall–Kier alpha value is -5.96. The quantitative estimate of drug-likeness (QED) is 0.0428. The number of likely N-dealkylation sites (N-methyl/N-ethyl adjacent to an activating group) is 1. The Morgan fingerprint density at radius 3 is 1.24 bits per heavy atom. The molecule has 21 heteroatoms. The molecule has 19 nitrogen and oxygen atoms in total. The number of nitrogens with zero attached hydrogens (tertiary/aromatic N) is 2. The lowest BCUT2D eigenvalue weighted by atomic mass is 9.82. The molecular weight excluding hydrogens is 1000 g/mol. The van der Waals surface area contributed by atoms with Gasteiger partial charge in [0.2, 0.25) is 0 Å². The van der Waals surface area contributed by atoms with E-state index in [-0.39, 0.29) is 104 Å². The van der Waals surface area contributed by atoms with Gasteiger partial charge in [0.05, 0.1) is 60.8 Å². The minimum Gasteiger partial charge on any atom is -0.462 e. The van der Waals surface area contributed by atoms with Crippen LogP contribution in [0.2, 0.25) is 0 Å². The first kappa shape index (κ1) is 55.8. The molecule has 0 bridgehead atoms. The summed E-state index contributed by atoms with van der Waals surface area (Å²) in [5.41, 5.74) is 1.04. The summed E-state index contributed by atoms with van der Waals surface area (Å²) in [6.45, 7) is 8.30. The fraction of sp³-hybridized carbons (Fsp3) is 0.585. The molecule has 0 spiro atoms. The fourth-order valence-electron chi connectivity index (χ4n) is 9.99. The van der Waals surface area contributed by atoms with Crippen LogP contribution in [0.1, 0.15) is 116 Å². The number of thioether (sulfide) groups is 2. The van der Waals surface area contributed by atoms with Gasteiger partial charge in [0.15, 0.2) is 0 Å². The van der Waals surface area contributed by atoms with Crippen molar-refractivity contribution in [1.82, 2.24) is 5.01 Å². The molecular formula is C53H64N2O17S2. The van der Waals surface area contributed by atoms with Crippen molar-refractivity contribution in [1.29, 1.82) is 0 Å². The first-order chi connectivity index (χ1) is 35.6. The van der Waals surface area contributed by atoms with Gasteiger partial charge in [-0.2, -0.15) is 5.10 Å². The third kappa shape index (κ3) is 14.5. The SMILES string of the molecule is C=CC(=O)OCCOC(=O)C1CCC(C(=O)OC2CCC(C(=O)Oc3ccc(OC(=O)C4CCC(OC(=O)C5CCC(C(=O)OCCOC(=O)C=C)CC5)CC4)c4c3SC(=C3C(=O)N(C)N=C3CC)S4)CC2)CC1. The number of rotatable bonds is 19. The monoisotopic (exact) mass is 1060 g/mol. The third-order valence-electron chi connectivity index (χ3n) is 14.3. The van der Waals surface area contributed by atoms with Gasteiger partial charge in [0, 0.05) is 19.2 Å². The molecule has 0 unspecified atom stereocenters. The number of hydrogen-bond donors (Lipinski definition) is 0. The third-order valence-corrected chi connectivity index (χ3v) is 16.9. The number of fused-ring (bicyclic) bond motifs is 1. The Morgan fingerprint density at radius 1 is 0.541 bits per heavy atom. The number of esters is 8. The number of amides is 1. The summed E-state index contributed by atoms with van der Waals surface area (Å²) >= 11 is 2.52. The van der Waals surface area contributed by atoms with E-state index in [4.69, 9.17) is 37.9 Å². The topological polar surface area (TPSA) is 243 Å². The van der Waals surface area contributed by atoms with Gasteiger partial charge in [-0.3, -0.25) is 33.6 Å². The van der Waals surface area contributed by atoms with Crippen molar-refractivity contribution in [2.45, 2.75) is 138 Å². The highest BCUT2D eigenvalue weighted by Gasteiger charge is 2.40. The van der Waals surface area contributed by atoms with Crippen molar-refractivity contribution in [3.05, 3.63) is 47.3 Å². The van der Waals surface area contributed by atoms with Gasteiger partial charge in [-0.1, -0.05) is 43.6 Å². The van der Waals surface area contributed by atoms with E-state index in [9.17, 15) is 43.2 Å². The number of hydrazone groups is 1. The van der Waals surface area contributed by atoms with Crippen LogP contribution < -0.4 is 9.47 Å². The standard InChI is InChI=1S/C53H64N2O17S2/c1-5-38-43(46(58)55(4)54-38)53-73-44-39(71-51(63)34-16-20-36(21-17-34)69-49(61)32-12-8-30(9-13-32)47(59)67-28-26-65-41(56)6-2)24-25-40(45(44)74-53)72-52(64)35-18-22-37(23-19-35)70-50(62)33-14-10-31(11-15-33)48(60)68-29-27-66-42(57)7-3/h6-7,24-25,30-37H,2-3,5,8-23,26-29H2,1,4H3. The molecule has 0 aromatic heterocycles. The maximum Gasteiger partial charge on any atom is 0.330 e. The minimum absolute atomic E-state index is 0.0557. The predicted molar refractivity (Wildman–Crippen MR) is 266 cm³/mol. The molecule has 0 saturated heterocycles. The van der Waals surface area contributed by atoms with Crippen molar-refractivity contribution >= 4 is 82.9 Å². The number of carbonyl (C=O) groups is 9. The van der Waals surface area contributed by atoms with Crippen LogP contribution in [0, 0.1) is 35.5 Å². The first-order valence-corrected chi connectivity index (χ1v) is 27.2. The second-order valence-corrected chi connectivity index (χ2v) is 21.5. The van der Waals surface area contributed by atoms with Crippen molar-refractivity contribution in [3.63, 3.8) is 0 Å². The molecule has 0 atom stereocenters. The predicted octanol–water partition coefficient (Wildman–Crippen LogP) is 7.51. The minimum atomic E-state index is -0.597. The van der Waals surface area contributed by atoms with Crippen LogP contribution in [0.4, 0.5) is 0 Å². The van der Waals surface area contributed by atoms with Gasteiger partial charge in [-0.15, -0.1) is 0 Å².